The third kappa shape index (κ3) is 5.32. The highest BCUT2D eigenvalue weighted by Crippen LogP contribution is 2.30. The number of hydrogen-bond acceptors (Lipinski definition) is 7. The Labute approximate surface area is 203 Å². The van der Waals surface area contributed by atoms with E-state index in [4.69, 9.17) is 0 Å². The number of hydrogen-bond donors (Lipinski definition) is 1. The van der Waals surface area contributed by atoms with Crippen molar-refractivity contribution in [2.24, 2.45) is 0 Å². The summed E-state index contributed by atoms with van der Waals surface area (Å²) in [6, 6.07) is 11.1. The maximum atomic E-state index is 14.7. The number of nitrogens with one attached hydrogen (secondary N) is 1. The van der Waals surface area contributed by atoms with Gasteiger partial charge in [0.25, 0.3) is 0 Å². The van der Waals surface area contributed by atoms with Gasteiger partial charge < -0.3 is 15.0 Å². The van der Waals surface area contributed by atoms with Crippen LogP contribution in [0.15, 0.2) is 53.7 Å². The van der Waals surface area contributed by atoms with Crippen LogP contribution in [0.4, 0.5) is 8.78 Å². The number of halogens is 2. The SMILES string of the molecule is COC(=O)CC1C(=O)NCCN1C(=O)CSc1nnc(-c2ccccc2)n1-c1ccc(F)cc1F. The summed E-state index contributed by atoms with van der Waals surface area (Å²) in [5.74, 6) is -2.85. The monoisotopic (exact) mass is 501 g/mol. The highest BCUT2D eigenvalue weighted by atomic mass is 32.2. The molecule has 1 saturated heterocycles. The highest BCUT2D eigenvalue weighted by molar-refractivity contribution is 7.99. The van der Waals surface area contributed by atoms with E-state index < -0.39 is 35.5 Å². The van der Waals surface area contributed by atoms with E-state index in [1.165, 1.54) is 22.6 Å². The number of benzene rings is 2. The van der Waals surface area contributed by atoms with E-state index in [1.54, 1.807) is 24.3 Å². The van der Waals surface area contributed by atoms with Gasteiger partial charge in [0.2, 0.25) is 11.8 Å². The van der Waals surface area contributed by atoms with Crippen LogP contribution in [0.2, 0.25) is 0 Å². The van der Waals surface area contributed by atoms with Crippen molar-refractivity contribution in [3.63, 3.8) is 0 Å². The fraction of sp³-hybridized carbons (Fsp3) is 0.261. The first kappa shape index (κ1) is 24.3. The first-order valence-electron chi connectivity index (χ1n) is 10.6. The Morgan fingerprint density at radius 1 is 1.17 bits per heavy atom. The number of esters is 1. The molecule has 2 amide bonds. The molecule has 35 heavy (non-hydrogen) atoms. The minimum atomic E-state index is -0.989. The molecular weight excluding hydrogens is 480 g/mol. The van der Waals surface area contributed by atoms with E-state index in [2.05, 4.69) is 20.3 Å². The number of piperazine rings is 1. The fourth-order valence-corrected chi connectivity index (χ4v) is 4.51. The molecule has 1 aliphatic rings. The number of carbonyl (C=O) groups excluding carboxylic acids is 3. The van der Waals surface area contributed by atoms with Crippen molar-refractivity contribution >= 4 is 29.5 Å². The Balaban J connectivity index is 1.62. The minimum Gasteiger partial charge on any atom is -0.469 e. The summed E-state index contributed by atoms with van der Waals surface area (Å²) in [5, 5.41) is 11.2. The molecule has 1 N–H and O–H groups in total. The molecule has 3 aromatic rings. The molecule has 1 aliphatic heterocycles. The van der Waals surface area contributed by atoms with Crippen molar-refractivity contribution < 1.29 is 27.9 Å². The van der Waals surface area contributed by atoms with Gasteiger partial charge in [-0.1, -0.05) is 42.1 Å². The molecule has 0 radical (unpaired) electrons. The van der Waals surface area contributed by atoms with E-state index in [9.17, 15) is 23.2 Å². The molecule has 182 valence electrons. The average Bonchev–Trinajstić information content (AvgIpc) is 3.27. The molecule has 0 bridgehead atoms. The molecule has 0 saturated carbocycles. The van der Waals surface area contributed by atoms with Gasteiger partial charge in [-0.05, 0) is 12.1 Å². The van der Waals surface area contributed by atoms with Crippen LogP contribution in [0.1, 0.15) is 6.42 Å². The average molecular weight is 502 g/mol. The van der Waals surface area contributed by atoms with Crippen LogP contribution in [0.5, 0.6) is 0 Å². The zero-order chi connectivity index (χ0) is 24.9. The second kappa shape index (κ2) is 10.6. The van der Waals surface area contributed by atoms with Gasteiger partial charge in [0.05, 0.1) is 25.0 Å². The Morgan fingerprint density at radius 3 is 2.66 bits per heavy atom. The number of aromatic nitrogens is 3. The second-order valence-electron chi connectivity index (χ2n) is 7.57. The van der Waals surface area contributed by atoms with Crippen LogP contribution in [0.25, 0.3) is 17.1 Å². The lowest BCUT2D eigenvalue weighted by molar-refractivity contribution is -0.149. The van der Waals surface area contributed by atoms with Gasteiger partial charge >= 0.3 is 5.97 Å². The van der Waals surface area contributed by atoms with Gasteiger partial charge in [-0.25, -0.2) is 8.78 Å². The molecular formula is C23H21F2N5O4S. The molecule has 12 heteroatoms. The zero-order valence-corrected chi connectivity index (χ0v) is 19.4. The summed E-state index contributed by atoms with van der Waals surface area (Å²) < 4.78 is 34.4. The summed E-state index contributed by atoms with van der Waals surface area (Å²) in [7, 11) is 1.21. The van der Waals surface area contributed by atoms with E-state index in [0.29, 0.717) is 11.4 Å². The van der Waals surface area contributed by atoms with Crippen LogP contribution in [0.3, 0.4) is 0 Å². The Hall–Kier alpha value is -3.80. The number of ether oxygens (including phenoxy) is 1. The Bertz CT molecular complexity index is 1250. The van der Waals surface area contributed by atoms with Gasteiger partial charge in [-0.3, -0.25) is 19.0 Å². The van der Waals surface area contributed by atoms with E-state index in [1.807, 2.05) is 6.07 Å². The standard InChI is InChI=1S/C23H21F2N5O4S/c1-34-20(32)12-18-22(33)26-9-10-29(18)19(31)13-35-23-28-27-21(14-5-3-2-4-6-14)30(23)17-8-7-15(24)11-16(17)25/h2-8,11,18H,9-10,12-13H2,1H3,(H,26,33). The minimum absolute atomic E-state index is 0.0196. The molecule has 0 spiro atoms. The molecule has 1 atom stereocenters. The number of nitrogens with zero attached hydrogens (tertiary/aromatic N) is 4. The molecule has 1 unspecified atom stereocenters. The maximum absolute atomic E-state index is 14.7. The molecule has 2 aromatic carbocycles. The van der Waals surface area contributed by atoms with Crippen molar-refractivity contribution in [2.75, 3.05) is 26.0 Å². The molecule has 9 nitrogen and oxygen atoms in total. The topological polar surface area (TPSA) is 106 Å². The van der Waals surface area contributed by atoms with E-state index in [-0.39, 0.29) is 36.1 Å². The summed E-state index contributed by atoms with van der Waals surface area (Å²) in [5.41, 5.74) is 0.666. The summed E-state index contributed by atoms with van der Waals surface area (Å²) >= 11 is 0.990. The maximum Gasteiger partial charge on any atom is 0.308 e. The second-order valence-corrected chi connectivity index (χ2v) is 8.51. The van der Waals surface area contributed by atoms with Crippen molar-refractivity contribution in [3.05, 3.63) is 60.2 Å². The van der Waals surface area contributed by atoms with Gasteiger partial charge in [0, 0.05) is 24.7 Å². The van der Waals surface area contributed by atoms with Crippen LogP contribution >= 0.6 is 11.8 Å². The number of rotatable bonds is 7. The normalized spacial score (nSPS) is 15.6. The van der Waals surface area contributed by atoms with Crippen molar-refractivity contribution in [3.8, 4) is 17.1 Å². The number of thioether (sulfide) groups is 1. The van der Waals surface area contributed by atoms with Crippen molar-refractivity contribution in [1.82, 2.24) is 25.0 Å². The predicted molar refractivity (Wildman–Crippen MR) is 123 cm³/mol. The van der Waals surface area contributed by atoms with Crippen LogP contribution in [0, 0.1) is 11.6 Å². The number of amides is 2. The number of carbonyl (C=O) groups is 3. The lowest BCUT2D eigenvalue weighted by Crippen LogP contribution is -2.58. The van der Waals surface area contributed by atoms with E-state index in [0.717, 1.165) is 23.9 Å². The third-order valence-corrected chi connectivity index (χ3v) is 6.29. The lowest BCUT2D eigenvalue weighted by Gasteiger charge is -2.34. The Morgan fingerprint density at radius 2 is 1.94 bits per heavy atom. The Kier molecular flexibility index (Phi) is 7.39. The molecule has 2 heterocycles. The smallest absolute Gasteiger partial charge is 0.308 e. The quantitative estimate of drug-likeness (QED) is 0.391. The van der Waals surface area contributed by atoms with Gasteiger partial charge in [-0.15, -0.1) is 10.2 Å². The number of methoxy groups -OCH3 is 1. The summed E-state index contributed by atoms with van der Waals surface area (Å²) in [4.78, 5) is 38.4. The molecule has 4 rings (SSSR count). The molecule has 1 fully saturated rings. The first-order chi connectivity index (χ1) is 16.9. The lowest BCUT2D eigenvalue weighted by atomic mass is 10.1. The van der Waals surface area contributed by atoms with Gasteiger partial charge in [-0.2, -0.15) is 0 Å². The largest absolute Gasteiger partial charge is 0.469 e. The first-order valence-corrected chi connectivity index (χ1v) is 11.6. The van der Waals surface area contributed by atoms with Crippen LogP contribution < -0.4 is 5.32 Å². The molecule has 1 aromatic heterocycles. The van der Waals surface area contributed by atoms with Crippen molar-refractivity contribution in [2.45, 2.75) is 17.6 Å². The third-order valence-electron chi connectivity index (χ3n) is 5.38. The van der Waals surface area contributed by atoms with Crippen LogP contribution in [-0.2, 0) is 19.1 Å². The van der Waals surface area contributed by atoms with E-state index >= 15 is 0 Å². The predicted octanol–water partition coefficient (Wildman–Crippen LogP) is 2.19. The molecule has 0 aliphatic carbocycles. The van der Waals surface area contributed by atoms with Crippen LogP contribution in [-0.4, -0.2) is 69.4 Å². The highest BCUT2D eigenvalue weighted by Gasteiger charge is 2.35. The summed E-state index contributed by atoms with van der Waals surface area (Å²) in [6.45, 7) is 0.476. The fourth-order valence-electron chi connectivity index (χ4n) is 3.68. The zero-order valence-electron chi connectivity index (χ0n) is 18.6. The van der Waals surface area contributed by atoms with Gasteiger partial charge in [0.15, 0.2) is 11.0 Å². The summed E-state index contributed by atoms with van der Waals surface area (Å²) in [6.07, 6.45) is -0.270. The van der Waals surface area contributed by atoms with Gasteiger partial charge in [0.1, 0.15) is 17.7 Å². The van der Waals surface area contributed by atoms with Crippen molar-refractivity contribution in [1.29, 1.82) is 0 Å².